The highest BCUT2D eigenvalue weighted by atomic mass is 16.3. The molecule has 0 bridgehead atoms. The topological polar surface area (TPSA) is 51.2 Å². The summed E-state index contributed by atoms with van der Waals surface area (Å²) < 4.78 is 2.06. The van der Waals surface area contributed by atoms with E-state index in [0.29, 0.717) is 12.5 Å². The minimum atomic E-state index is 0.232. The third-order valence-corrected chi connectivity index (χ3v) is 1.88. The van der Waals surface area contributed by atoms with Crippen molar-refractivity contribution in [3.05, 3.63) is 24.0 Å². The van der Waals surface area contributed by atoms with Gasteiger partial charge in [-0.2, -0.15) is 0 Å². The number of nitrogens with two attached hydrogens (primary N) is 1. The molecule has 0 aromatic carbocycles. The van der Waals surface area contributed by atoms with E-state index in [4.69, 9.17) is 10.8 Å². The van der Waals surface area contributed by atoms with Crippen LogP contribution in [-0.2, 0) is 13.1 Å². The van der Waals surface area contributed by atoms with Crippen molar-refractivity contribution in [2.75, 3.05) is 6.61 Å². The van der Waals surface area contributed by atoms with E-state index in [2.05, 4.69) is 4.57 Å². The Bertz CT molecular complexity index is 232. The molecule has 12 heavy (non-hydrogen) atoms. The molecule has 1 unspecified atom stereocenters. The van der Waals surface area contributed by atoms with Crippen molar-refractivity contribution >= 4 is 0 Å². The van der Waals surface area contributed by atoms with Crippen LogP contribution in [0.25, 0.3) is 0 Å². The Hall–Kier alpha value is -0.800. The minimum absolute atomic E-state index is 0.232. The molecule has 1 rings (SSSR count). The molecule has 0 aliphatic heterocycles. The van der Waals surface area contributed by atoms with Crippen LogP contribution in [0, 0.1) is 5.92 Å². The Morgan fingerprint density at radius 3 is 2.92 bits per heavy atom. The standard InChI is InChI=1S/C9H16N2O/c1-8(7-12)5-11-3-2-9(4-10)6-11/h2-3,6,8,12H,4-5,7,10H2,1H3. The zero-order valence-electron chi connectivity index (χ0n) is 7.40. The van der Waals surface area contributed by atoms with Crippen LogP contribution in [0.2, 0.25) is 0 Å². The first-order chi connectivity index (χ1) is 5.76. The number of hydrogen-bond donors (Lipinski definition) is 2. The lowest BCUT2D eigenvalue weighted by molar-refractivity contribution is 0.223. The van der Waals surface area contributed by atoms with E-state index in [9.17, 15) is 0 Å². The van der Waals surface area contributed by atoms with Gasteiger partial charge in [0.1, 0.15) is 0 Å². The molecule has 1 aromatic rings. The van der Waals surface area contributed by atoms with Gasteiger partial charge in [-0.25, -0.2) is 0 Å². The molecule has 0 saturated carbocycles. The molecule has 1 atom stereocenters. The molecule has 3 N–H and O–H groups in total. The Kier molecular flexibility index (Phi) is 3.31. The normalized spacial score (nSPS) is 13.2. The molecule has 0 aliphatic rings. The fourth-order valence-electron chi connectivity index (χ4n) is 1.14. The van der Waals surface area contributed by atoms with Crippen molar-refractivity contribution < 1.29 is 5.11 Å². The van der Waals surface area contributed by atoms with E-state index in [0.717, 1.165) is 12.1 Å². The van der Waals surface area contributed by atoms with Gasteiger partial charge in [0.05, 0.1) is 0 Å². The third-order valence-electron chi connectivity index (χ3n) is 1.88. The largest absolute Gasteiger partial charge is 0.396 e. The van der Waals surface area contributed by atoms with Crippen LogP contribution >= 0.6 is 0 Å². The average Bonchev–Trinajstić information content (AvgIpc) is 2.52. The molecule has 0 saturated heterocycles. The lowest BCUT2D eigenvalue weighted by Crippen LogP contribution is -2.09. The predicted molar refractivity (Wildman–Crippen MR) is 48.6 cm³/mol. The Labute approximate surface area is 72.8 Å². The Balaban J connectivity index is 2.52. The third kappa shape index (κ3) is 2.36. The summed E-state index contributed by atoms with van der Waals surface area (Å²) in [6.45, 7) is 3.69. The van der Waals surface area contributed by atoms with E-state index in [1.807, 2.05) is 25.4 Å². The van der Waals surface area contributed by atoms with Crippen molar-refractivity contribution in [2.24, 2.45) is 11.7 Å². The van der Waals surface area contributed by atoms with Crippen LogP contribution in [0.5, 0.6) is 0 Å². The highest BCUT2D eigenvalue weighted by Crippen LogP contribution is 2.04. The maximum atomic E-state index is 8.82. The summed E-state index contributed by atoms with van der Waals surface area (Å²) >= 11 is 0. The van der Waals surface area contributed by atoms with Crippen molar-refractivity contribution in [3.8, 4) is 0 Å². The monoisotopic (exact) mass is 168 g/mol. The van der Waals surface area contributed by atoms with Gasteiger partial charge in [0, 0.05) is 32.1 Å². The SMILES string of the molecule is CC(CO)Cn1ccc(CN)c1. The van der Waals surface area contributed by atoms with Crippen molar-refractivity contribution in [2.45, 2.75) is 20.0 Å². The molecule has 0 aliphatic carbocycles. The second kappa shape index (κ2) is 4.28. The zero-order chi connectivity index (χ0) is 8.97. The summed E-state index contributed by atoms with van der Waals surface area (Å²) in [6, 6.07) is 2.00. The summed E-state index contributed by atoms with van der Waals surface area (Å²) in [7, 11) is 0. The first kappa shape index (κ1) is 9.29. The van der Waals surface area contributed by atoms with Gasteiger partial charge in [-0.05, 0) is 17.5 Å². The molecule has 0 radical (unpaired) electrons. The highest BCUT2D eigenvalue weighted by Gasteiger charge is 2.00. The molecule has 3 nitrogen and oxygen atoms in total. The first-order valence-corrected chi connectivity index (χ1v) is 4.22. The molecule has 0 amide bonds. The number of rotatable bonds is 4. The van der Waals surface area contributed by atoms with Crippen LogP contribution < -0.4 is 5.73 Å². The quantitative estimate of drug-likeness (QED) is 0.690. The number of aromatic nitrogens is 1. The van der Waals surface area contributed by atoms with Crippen LogP contribution in [0.3, 0.4) is 0 Å². The van der Waals surface area contributed by atoms with Gasteiger partial charge >= 0.3 is 0 Å². The van der Waals surface area contributed by atoms with Crippen LogP contribution in [-0.4, -0.2) is 16.3 Å². The smallest absolute Gasteiger partial charge is 0.0473 e. The summed E-state index contributed by atoms with van der Waals surface area (Å²) in [5.74, 6) is 0.308. The molecule has 1 aromatic heterocycles. The van der Waals surface area contributed by atoms with Gasteiger partial charge in [-0.15, -0.1) is 0 Å². The number of aliphatic hydroxyl groups excluding tert-OH is 1. The van der Waals surface area contributed by atoms with Crippen molar-refractivity contribution in [3.63, 3.8) is 0 Å². The number of nitrogens with zero attached hydrogens (tertiary/aromatic N) is 1. The minimum Gasteiger partial charge on any atom is -0.396 e. The molecular weight excluding hydrogens is 152 g/mol. The maximum absolute atomic E-state index is 8.82. The van der Waals surface area contributed by atoms with Gasteiger partial charge in [-0.3, -0.25) is 0 Å². The molecule has 0 spiro atoms. The fourth-order valence-corrected chi connectivity index (χ4v) is 1.14. The van der Waals surface area contributed by atoms with Gasteiger partial charge in [0.2, 0.25) is 0 Å². The second-order valence-electron chi connectivity index (χ2n) is 3.21. The highest BCUT2D eigenvalue weighted by molar-refractivity contribution is 5.09. The zero-order valence-corrected chi connectivity index (χ0v) is 7.40. The molecule has 1 heterocycles. The number of hydrogen-bond acceptors (Lipinski definition) is 2. The predicted octanol–water partition coefficient (Wildman–Crippen LogP) is 0.575. The van der Waals surface area contributed by atoms with Gasteiger partial charge in [-0.1, -0.05) is 6.92 Å². The lowest BCUT2D eigenvalue weighted by Gasteiger charge is -2.07. The van der Waals surface area contributed by atoms with Gasteiger partial charge in [0.25, 0.3) is 0 Å². The molecule has 68 valence electrons. The summed E-state index contributed by atoms with van der Waals surface area (Å²) in [5, 5.41) is 8.82. The Morgan fingerprint density at radius 2 is 2.42 bits per heavy atom. The van der Waals surface area contributed by atoms with Gasteiger partial charge < -0.3 is 15.4 Å². The first-order valence-electron chi connectivity index (χ1n) is 4.22. The van der Waals surface area contributed by atoms with Crippen LogP contribution in [0.1, 0.15) is 12.5 Å². The maximum Gasteiger partial charge on any atom is 0.0473 e. The second-order valence-corrected chi connectivity index (χ2v) is 3.21. The lowest BCUT2D eigenvalue weighted by atomic mass is 10.2. The molecular formula is C9H16N2O. The van der Waals surface area contributed by atoms with Gasteiger partial charge in [0.15, 0.2) is 0 Å². The Morgan fingerprint density at radius 1 is 1.67 bits per heavy atom. The summed E-state index contributed by atoms with van der Waals surface area (Å²) in [6.07, 6.45) is 4.01. The van der Waals surface area contributed by atoms with E-state index in [1.54, 1.807) is 0 Å². The average molecular weight is 168 g/mol. The molecule has 0 fully saturated rings. The summed E-state index contributed by atoms with van der Waals surface area (Å²) in [4.78, 5) is 0. The number of aliphatic hydroxyl groups is 1. The van der Waals surface area contributed by atoms with Crippen molar-refractivity contribution in [1.29, 1.82) is 0 Å². The molecule has 3 heteroatoms. The van der Waals surface area contributed by atoms with E-state index >= 15 is 0 Å². The summed E-state index contributed by atoms with van der Waals surface area (Å²) in [5.41, 5.74) is 6.60. The van der Waals surface area contributed by atoms with E-state index in [1.165, 1.54) is 0 Å². The fraction of sp³-hybridized carbons (Fsp3) is 0.556. The van der Waals surface area contributed by atoms with E-state index in [-0.39, 0.29) is 6.61 Å². The van der Waals surface area contributed by atoms with E-state index < -0.39 is 0 Å². The van der Waals surface area contributed by atoms with Crippen LogP contribution in [0.4, 0.5) is 0 Å². The van der Waals surface area contributed by atoms with Crippen molar-refractivity contribution in [1.82, 2.24) is 4.57 Å². The van der Waals surface area contributed by atoms with Crippen LogP contribution in [0.15, 0.2) is 18.5 Å².